The van der Waals surface area contributed by atoms with Crippen LogP contribution in [-0.4, -0.2) is 40.1 Å². The molecule has 0 aromatic rings. The normalized spacial score (nSPS) is 14.0. The molecule has 1 amide bonds. The van der Waals surface area contributed by atoms with Crippen molar-refractivity contribution in [3.63, 3.8) is 0 Å². The minimum Gasteiger partial charge on any atom is -0.481 e. The van der Waals surface area contributed by atoms with E-state index in [1.165, 1.54) is 6.92 Å². The van der Waals surface area contributed by atoms with Gasteiger partial charge in [0.05, 0.1) is 6.42 Å². The molecule has 0 aromatic carbocycles. The van der Waals surface area contributed by atoms with Gasteiger partial charge < -0.3 is 21.3 Å². The third-order valence-corrected chi connectivity index (χ3v) is 1.63. The fourth-order valence-corrected chi connectivity index (χ4v) is 0.897. The lowest BCUT2D eigenvalue weighted by Crippen LogP contribution is -2.41. The maximum atomic E-state index is 11.1. The molecule has 7 heteroatoms. The van der Waals surface area contributed by atoms with Gasteiger partial charge in [-0.1, -0.05) is 0 Å². The van der Waals surface area contributed by atoms with Crippen LogP contribution in [0.25, 0.3) is 0 Å². The van der Waals surface area contributed by atoms with Crippen molar-refractivity contribution in [2.24, 2.45) is 5.73 Å². The van der Waals surface area contributed by atoms with Gasteiger partial charge in [-0.25, -0.2) is 0 Å². The van der Waals surface area contributed by atoms with Crippen LogP contribution in [-0.2, 0) is 14.4 Å². The first-order valence-electron chi connectivity index (χ1n) is 4.32. The summed E-state index contributed by atoms with van der Waals surface area (Å²) in [5, 5.41) is 19.0. The second-order valence-electron chi connectivity index (χ2n) is 3.19. The lowest BCUT2D eigenvalue weighted by atomic mass is 10.1. The largest absolute Gasteiger partial charge is 0.481 e. The summed E-state index contributed by atoms with van der Waals surface area (Å²) in [5.41, 5.74) is 5.34. The van der Waals surface area contributed by atoms with Crippen LogP contribution in [0, 0.1) is 0 Å². The van der Waals surface area contributed by atoms with Crippen LogP contribution in [0.4, 0.5) is 0 Å². The standard InChI is InChI=1S/C8H14N2O5/c1-4(8(14)15)10-6(11)2-5(9)3-7(12)13/h4-5H,2-3,9H2,1H3,(H,10,11)(H,12,13)(H,14,15)/t4-,5+/m0/s1. The minimum atomic E-state index is -1.16. The second-order valence-corrected chi connectivity index (χ2v) is 3.19. The molecule has 0 aliphatic heterocycles. The summed E-state index contributed by atoms with van der Waals surface area (Å²) < 4.78 is 0. The number of nitrogens with two attached hydrogens (primary N) is 1. The quantitative estimate of drug-likeness (QED) is 0.441. The Hall–Kier alpha value is -1.63. The van der Waals surface area contributed by atoms with E-state index < -0.39 is 29.9 Å². The molecule has 5 N–H and O–H groups in total. The molecule has 0 aromatic heterocycles. The number of carbonyl (C=O) groups excluding carboxylic acids is 1. The average molecular weight is 218 g/mol. The highest BCUT2D eigenvalue weighted by Gasteiger charge is 2.17. The molecule has 0 fully saturated rings. The van der Waals surface area contributed by atoms with Crippen molar-refractivity contribution in [1.82, 2.24) is 5.32 Å². The van der Waals surface area contributed by atoms with Gasteiger partial charge in [0.15, 0.2) is 0 Å². The van der Waals surface area contributed by atoms with Crippen molar-refractivity contribution in [2.45, 2.75) is 31.8 Å². The lowest BCUT2D eigenvalue weighted by molar-refractivity contribution is -0.141. The van der Waals surface area contributed by atoms with E-state index in [9.17, 15) is 14.4 Å². The van der Waals surface area contributed by atoms with Crippen molar-refractivity contribution in [2.75, 3.05) is 0 Å². The van der Waals surface area contributed by atoms with Crippen LogP contribution in [0.3, 0.4) is 0 Å². The number of amides is 1. The van der Waals surface area contributed by atoms with Crippen LogP contribution in [0.15, 0.2) is 0 Å². The number of hydrogen-bond acceptors (Lipinski definition) is 4. The molecule has 0 saturated carbocycles. The summed E-state index contributed by atoms with van der Waals surface area (Å²) in [6, 6.07) is -1.81. The van der Waals surface area contributed by atoms with E-state index in [-0.39, 0.29) is 12.8 Å². The van der Waals surface area contributed by atoms with E-state index in [0.29, 0.717) is 0 Å². The fraction of sp³-hybridized carbons (Fsp3) is 0.625. The Morgan fingerprint density at radius 2 is 1.80 bits per heavy atom. The smallest absolute Gasteiger partial charge is 0.325 e. The summed E-state index contributed by atoms with van der Waals surface area (Å²) in [5.74, 6) is -2.82. The highest BCUT2D eigenvalue weighted by Crippen LogP contribution is 1.95. The van der Waals surface area contributed by atoms with E-state index in [1.807, 2.05) is 0 Å². The molecule has 0 bridgehead atoms. The number of nitrogens with one attached hydrogen (secondary N) is 1. The zero-order valence-electron chi connectivity index (χ0n) is 8.27. The van der Waals surface area contributed by atoms with E-state index in [0.717, 1.165) is 0 Å². The van der Waals surface area contributed by atoms with Crippen molar-refractivity contribution in [1.29, 1.82) is 0 Å². The van der Waals surface area contributed by atoms with Gasteiger partial charge in [-0.15, -0.1) is 0 Å². The SMILES string of the molecule is C[C@H](NC(=O)C[C@@H](N)CC(=O)O)C(=O)O. The number of carboxylic acids is 2. The number of hydrogen-bond donors (Lipinski definition) is 4. The van der Waals surface area contributed by atoms with E-state index in [1.54, 1.807) is 0 Å². The Bertz CT molecular complexity index is 266. The zero-order valence-corrected chi connectivity index (χ0v) is 8.27. The molecule has 0 spiro atoms. The molecule has 2 atom stereocenters. The van der Waals surface area contributed by atoms with E-state index >= 15 is 0 Å². The van der Waals surface area contributed by atoms with Crippen molar-refractivity contribution in [3.8, 4) is 0 Å². The number of carbonyl (C=O) groups is 3. The lowest BCUT2D eigenvalue weighted by Gasteiger charge is -2.11. The zero-order chi connectivity index (χ0) is 12.0. The molecule has 0 rings (SSSR count). The fourth-order valence-electron chi connectivity index (χ4n) is 0.897. The highest BCUT2D eigenvalue weighted by atomic mass is 16.4. The molecule has 0 saturated heterocycles. The third kappa shape index (κ3) is 6.44. The van der Waals surface area contributed by atoms with E-state index in [4.69, 9.17) is 15.9 Å². The maximum absolute atomic E-state index is 11.1. The molecule has 7 nitrogen and oxygen atoms in total. The van der Waals surface area contributed by atoms with Crippen LogP contribution in [0.5, 0.6) is 0 Å². The molecule has 15 heavy (non-hydrogen) atoms. The van der Waals surface area contributed by atoms with Crippen molar-refractivity contribution >= 4 is 17.8 Å². The minimum absolute atomic E-state index is 0.204. The van der Waals surface area contributed by atoms with Gasteiger partial charge in [-0.2, -0.15) is 0 Å². The maximum Gasteiger partial charge on any atom is 0.325 e. The predicted molar refractivity (Wildman–Crippen MR) is 50.1 cm³/mol. The van der Waals surface area contributed by atoms with Gasteiger partial charge in [0, 0.05) is 12.5 Å². The summed E-state index contributed by atoms with van der Waals surface area (Å²) in [6.45, 7) is 1.31. The Kier molecular flexibility index (Phi) is 5.32. The van der Waals surface area contributed by atoms with Gasteiger partial charge in [0.2, 0.25) is 5.91 Å². The molecule has 0 unspecified atom stereocenters. The Morgan fingerprint density at radius 1 is 1.27 bits per heavy atom. The van der Waals surface area contributed by atoms with Gasteiger partial charge >= 0.3 is 11.9 Å². The summed E-state index contributed by atoms with van der Waals surface area (Å²) in [4.78, 5) is 31.7. The van der Waals surface area contributed by atoms with Gasteiger partial charge in [-0.05, 0) is 6.92 Å². The Morgan fingerprint density at radius 3 is 2.20 bits per heavy atom. The Labute approximate surface area is 86.3 Å². The van der Waals surface area contributed by atoms with E-state index in [2.05, 4.69) is 5.32 Å². The molecule has 0 heterocycles. The molecule has 0 radical (unpaired) electrons. The topological polar surface area (TPSA) is 130 Å². The molecule has 0 aliphatic rings. The first kappa shape index (κ1) is 13.4. The summed E-state index contributed by atoms with van der Waals surface area (Å²) >= 11 is 0. The number of rotatable bonds is 6. The molecular formula is C8H14N2O5. The van der Waals surface area contributed by atoms with Gasteiger partial charge in [0.1, 0.15) is 6.04 Å². The first-order chi connectivity index (χ1) is 6.82. The first-order valence-corrected chi connectivity index (χ1v) is 4.32. The molecule has 86 valence electrons. The van der Waals surface area contributed by atoms with Crippen LogP contribution in [0.1, 0.15) is 19.8 Å². The highest BCUT2D eigenvalue weighted by molar-refractivity contribution is 5.83. The van der Waals surface area contributed by atoms with Gasteiger partial charge in [-0.3, -0.25) is 14.4 Å². The predicted octanol–water partition coefficient (Wildman–Crippen LogP) is -1.23. The van der Waals surface area contributed by atoms with Crippen molar-refractivity contribution < 1.29 is 24.6 Å². The molecule has 0 aliphatic carbocycles. The van der Waals surface area contributed by atoms with Crippen LogP contribution >= 0.6 is 0 Å². The second kappa shape index (κ2) is 5.97. The van der Waals surface area contributed by atoms with Crippen LogP contribution in [0.2, 0.25) is 0 Å². The summed E-state index contributed by atoms with van der Waals surface area (Å²) in [6.07, 6.45) is -0.529. The van der Waals surface area contributed by atoms with Crippen LogP contribution < -0.4 is 11.1 Å². The summed E-state index contributed by atoms with van der Waals surface area (Å²) in [7, 11) is 0. The van der Waals surface area contributed by atoms with Crippen molar-refractivity contribution in [3.05, 3.63) is 0 Å². The third-order valence-electron chi connectivity index (χ3n) is 1.63. The molecular weight excluding hydrogens is 204 g/mol. The number of carboxylic acid groups (broad SMARTS) is 2. The number of aliphatic carboxylic acids is 2. The monoisotopic (exact) mass is 218 g/mol. The van der Waals surface area contributed by atoms with Gasteiger partial charge in [0.25, 0.3) is 0 Å². The Balaban J connectivity index is 3.93. The average Bonchev–Trinajstić information content (AvgIpc) is 2.00.